The molecule has 1 N–H and O–H groups in total. The summed E-state index contributed by atoms with van der Waals surface area (Å²) in [6.45, 7) is 5.63. The van der Waals surface area contributed by atoms with E-state index in [9.17, 15) is 19.1 Å². The minimum absolute atomic E-state index is 0.0433. The van der Waals surface area contributed by atoms with Crippen LogP contribution in [0.15, 0.2) is 65.6 Å². The molecule has 0 aliphatic rings. The molecule has 0 aromatic heterocycles. The Morgan fingerprint density at radius 1 is 1.19 bits per heavy atom. The van der Waals surface area contributed by atoms with E-state index in [4.69, 9.17) is 4.74 Å². The van der Waals surface area contributed by atoms with Crippen LogP contribution >= 0.6 is 0 Å². The van der Waals surface area contributed by atoms with Crippen LogP contribution in [0.2, 0.25) is 0 Å². The number of nitrogens with zero attached hydrogens (tertiary/aromatic N) is 1. The predicted molar refractivity (Wildman–Crippen MR) is 97.7 cm³/mol. The Bertz CT molecular complexity index is 847. The van der Waals surface area contributed by atoms with Gasteiger partial charge in [0.1, 0.15) is 11.0 Å². The number of esters is 1. The van der Waals surface area contributed by atoms with Crippen LogP contribution in [0.1, 0.15) is 17.2 Å². The number of aryl methyl sites for hydroxylation is 1. The normalized spacial score (nSPS) is 12.8. The van der Waals surface area contributed by atoms with Crippen molar-refractivity contribution in [2.75, 3.05) is 7.11 Å². The average molecular weight is 374 g/mol. The van der Waals surface area contributed by atoms with E-state index in [1.165, 1.54) is 31.4 Å². The molecule has 2 aromatic rings. The Balaban J connectivity index is 2.33. The average Bonchev–Trinajstić information content (AvgIpc) is 2.65. The number of benzene rings is 2. The van der Waals surface area contributed by atoms with Gasteiger partial charge in [-0.1, -0.05) is 36.4 Å². The molecule has 0 aliphatic carbocycles. The number of hydrogen-bond donors (Lipinski definition) is 1. The predicted octanol–water partition coefficient (Wildman–Crippen LogP) is 2.99. The van der Waals surface area contributed by atoms with Gasteiger partial charge in [-0.25, -0.2) is 13.7 Å². The molecular formula is C18H18N2O5S. The number of hydrogen-bond acceptors (Lipinski definition) is 5. The van der Waals surface area contributed by atoms with Gasteiger partial charge in [0.15, 0.2) is 0 Å². The van der Waals surface area contributed by atoms with Crippen molar-refractivity contribution in [3.8, 4) is 0 Å². The van der Waals surface area contributed by atoms with Crippen LogP contribution in [0.4, 0.5) is 5.69 Å². The number of nitro groups is 1. The monoisotopic (exact) mass is 374 g/mol. The molecule has 7 nitrogen and oxygen atoms in total. The van der Waals surface area contributed by atoms with Gasteiger partial charge in [-0.15, -0.1) is 0 Å². The Kier molecular flexibility index (Phi) is 6.37. The number of non-ortho nitro benzene ring substituents is 1. The second-order valence-corrected chi connectivity index (χ2v) is 6.74. The molecule has 0 radical (unpaired) electrons. The molecule has 0 bridgehead atoms. The van der Waals surface area contributed by atoms with Gasteiger partial charge >= 0.3 is 5.97 Å². The van der Waals surface area contributed by atoms with Gasteiger partial charge in [0.05, 0.1) is 28.5 Å². The second kappa shape index (κ2) is 8.50. The van der Waals surface area contributed by atoms with Crippen LogP contribution in [0, 0.1) is 17.0 Å². The first-order valence-electron chi connectivity index (χ1n) is 7.59. The molecule has 0 saturated carbocycles. The lowest BCUT2D eigenvalue weighted by Gasteiger charge is -2.19. The van der Waals surface area contributed by atoms with Crippen molar-refractivity contribution in [2.24, 2.45) is 0 Å². The first-order chi connectivity index (χ1) is 12.3. The zero-order chi connectivity index (χ0) is 19.3. The Hall–Kier alpha value is -2.84. The minimum atomic E-state index is -1.63. The van der Waals surface area contributed by atoms with Crippen molar-refractivity contribution in [1.29, 1.82) is 0 Å². The summed E-state index contributed by atoms with van der Waals surface area (Å²) in [7, 11) is -0.408. The standard InChI is InChI=1S/C18H18N2O5S/c1-12-4-10-16(11-5-12)26(24)19-17(13(2)18(21)25-3)14-6-8-15(9-7-14)20(22)23/h4-11,17,19H,2H2,1,3H3/t17-,26+/m1/s1. The molecule has 0 amide bonds. The number of carbonyl (C=O) groups excluding carboxylic acids is 1. The van der Waals surface area contributed by atoms with E-state index in [1.807, 2.05) is 19.1 Å². The van der Waals surface area contributed by atoms with Gasteiger partial charge in [-0.05, 0) is 24.6 Å². The van der Waals surface area contributed by atoms with Crippen molar-refractivity contribution < 1.29 is 18.7 Å². The highest BCUT2D eigenvalue weighted by molar-refractivity contribution is 7.83. The Morgan fingerprint density at radius 3 is 2.27 bits per heavy atom. The molecule has 0 saturated heterocycles. The lowest BCUT2D eigenvalue weighted by Crippen LogP contribution is -2.28. The van der Waals surface area contributed by atoms with Gasteiger partial charge in [0.25, 0.3) is 5.69 Å². The number of nitrogens with one attached hydrogen (secondary N) is 1. The van der Waals surface area contributed by atoms with Crippen molar-refractivity contribution in [3.63, 3.8) is 0 Å². The number of methoxy groups -OCH3 is 1. The molecule has 0 spiro atoms. The van der Waals surface area contributed by atoms with Crippen molar-refractivity contribution in [2.45, 2.75) is 17.9 Å². The smallest absolute Gasteiger partial charge is 0.335 e. The third-order valence-corrected chi connectivity index (χ3v) is 4.84. The van der Waals surface area contributed by atoms with Crippen molar-refractivity contribution >= 4 is 22.6 Å². The third kappa shape index (κ3) is 4.62. The van der Waals surface area contributed by atoms with Crippen LogP contribution in [-0.2, 0) is 20.5 Å². The minimum Gasteiger partial charge on any atom is -0.466 e. The first-order valence-corrected chi connectivity index (χ1v) is 8.74. The fourth-order valence-electron chi connectivity index (χ4n) is 2.21. The molecule has 2 rings (SSSR count). The van der Waals surface area contributed by atoms with E-state index in [-0.39, 0.29) is 11.3 Å². The van der Waals surface area contributed by atoms with E-state index in [0.29, 0.717) is 10.5 Å². The second-order valence-electron chi connectivity index (χ2n) is 5.50. The molecule has 2 aromatic carbocycles. The van der Waals surface area contributed by atoms with E-state index < -0.39 is 27.9 Å². The molecule has 136 valence electrons. The number of ether oxygens (including phenoxy) is 1. The molecule has 0 unspecified atom stereocenters. The maximum absolute atomic E-state index is 12.6. The van der Waals surface area contributed by atoms with Crippen LogP contribution in [-0.4, -0.2) is 22.2 Å². The molecule has 8 heteroatoms. The lowest BCUT2D eigenvalue weighted by molar-refractivity contribution is -0.384. The summed E-state index contributed by atoms with van der Waals surface area (Å²) < 4.78 is 20.2. The van der Waals surface area contributed by atoms with E-state index in [2.05, 4.69) is 11.3 Å². The van der Waals surface area contributed by atoms with Gasteiger partial charge < -0.3 is 4.74 Å². The zero-order valence-corrected chi connectivity index (χ0v) is 15.1. The zero-order valence-electron chi connectivity index (χ0n) is 14.3. The maximum atomic E-state index is 12.6. The summed E-state index contributed by atoms with van der Waals surface area (Å²) in [6, 6.07) is 11.8. The summed E-state index contributed by atoms with van der Waals surface area (Å²) >= 11 is 0. The molecule has 26 heavy (non-hydrogen) atoms. The van der Waals surface area contributed by atoms with E-state index in [0.717, 1.165) is 5.56 Å². The summed E-state index contributed by atoms with van der Waals surface area (Å²) in [5.41, 5.74) is 1.49. The van der Waals surface area contributed by atoms with Crippen LogP contribution in [0.5, 0.6) is 0 Å². The summed E-state index contributed by atoms with van der Waals surface area (Å²) in [4.78, 5) is 22.7. The quantitative estimate of drug-likeness (QED) is 0.348. The van der Waals surface area contributed by atoms with E-state index in [1.54, 1.807) is 12.1 Å². The molecule has 0 fully saturated rings. The van der Waals surface area contributed by atoms with Gasteiger partial charge in [0, 0.05) is 12.1 Å². The summed E-state index contributed by atoms with van der Waals surface area (Å²) in [5.74, 6) is -0.665. The van der Waals surface area contributed by atoms with Gasteiger partial charge in [-0.3, -0.25) is 10.1 Å². The topological polar surface area (TPSA) is 98.5 Å². The number of rotatable bonds is 7. The van der Waals surface area contributed by atoms with Crippen LogP contribution in [0.3, 0.4) is 0 Å². The SMILES string of the molecule is C=C(C(=O)OC)[C@@H](N[S@@](=O)c1ccc(C)cc1)c1ccc([N+](=O)[O-])cc1. The maximum Gasteiger partial charge on any atom is 0.335 e. The molecule has 0 heterocycles. The van der Waals surface area contributed by atoms with Crippen molar-refractivity contribution in [1.82, 2.24) is 4.72 Å². The molecular weight excluding hydrogens is 356 g/mol. The largest absolute Gasteiger partial charge is 0.466 e. The number of carbonyl (C=O) groups is 1. The number of nitro benzene ring substituents is 1. The lowest BCUT2D eigenvalue weighted by atomic mass is 10.0. The van der Waals surface area contributed by atoms with Crippen molar-refractivity contribution in [3.05, 3.63) is 81.9 Å². The molecule has 0 aliphatic heterocycles. The summed E-state index contributed by atoms with van der Waals surface area (Å²) in [5, 5.41) is 10.8. The van der Waals surface area contributed by atoms with Crippen LogP contribution < -0.4 is 4.72 Å². The highest BCUT2D eigenvalue weighted by Gasteiger charge is 2.24. The molecule has 2 atom stereocenters. The van der Waals surface area contributed by atoms with Crippen LogP contribution in [0.25, 0.3) is 0 Å². The van der Waals surface area contributed by atoms with Gasteiger partial charge in [0.2, 0.25) is 0 Å². The van der Waals surface area contributed by atoms with E-state index >= 15 is 0 Å². The highest BCUT2D eigenvalue weighted by Crippen LogP contribution is 2.25. The summed E-state index contributed by atoms with van der Waals surface area (Å²) in [6.07, 6.45) is 0. The highest BCUT2D eigenvalue weighted by atomic mass is 32.2. The Morgan fingerprint density at radius 2 is 1.77 bits per heavy atom. The fourth-order valence-corrected chi connectivity index (χ4v) is 3.23. The third-order valence-electron chi connectivity index (χ3n) is 3.69. The van der Waals surface area contributed by atoms with Gasteiger partial charge in [-0.2, -0.15) is 0 Å². The first kappa shape index (κ1) is 19.5. The fraction of sp³-hybridized carbons (Fsp3) is 0.167. The Labute approximate surface area is 153 Å².